The molecular formula is C18H26FN3O4S. The quantitative estimate of drug-likeness (QED) is 0.722. The van der Waals surface area contributed by atoms with Crippen LogP contribution in [0.3, 0.4) is 0 Å². The molecule has 2 amide bonds. The maximum atomic E-state index is 12.9. The topological polar surface area (TPSA) is 95.6 Å². The van der Waals surface area contributed by atoms with E-state index in [1.54, 1.807) is 0 Å². The number of sulfonamides is 1. The molecule has 0 aliphatic carbocycles. The van der Waals surface area contributed by atoms with Gasteiger partial charge in [-0.3, -0.25) is 9.59 Å². The van der Waals surface area contributed by atoms with Crippen molar-refractivity contribution in [3.05, 3.63) is 30.1 Å². The minimum absolute atomic E-state index is 0.00552. The van der Waals surface area contributed by atoms with Crippen LogP contribution in [0.4, 0.5) is 4.39 Å². The summed E-state index contributed by atoms with van der Waals surface area (Å²) >= 11 is 0. The normalized spacial score (nSPS) is 15.8. The van der Waals surface area contributed by atoms with E-state index < -0.39 is 15.8 Å². The number of benzene rings is 1. The van der Waals surface area contributed by atoms with Gasteiger partial charge in [-0.15, -0.1) is 0 Å². The van der Waals surface area contributed by atoms with Crippen LogP contribution in [0.25, 0.3) is 0 Å². The summed E-state index contributed by atoms with van der Waals surface area (Å²) in [5.74, 6) is -0.680. The number of carbonyl (C=O) groups is 2. The van der Waals surface area contributed by atoms with Crippen molar-refractivity contribution in [3.8, 4) is 0 Å². The van der Waals surface area contributed by atoms with E-state index in [-0.39, 0.29) is 41.6 Å². The van der Waals surface area contributed by atoms with Gasteiger partial charge in [0.2, 0.25) is 21.8 Å². The maximum Gasteiger partial charge on any atom is 0.240 e. The average Bonchev–Trinajstić information content (AvgIpc) is 2.62. The van der Waals surface area contributed by atoms with Gasteiger partial charge in [-0.05, 0) is 37.1 Å². The Bertz CT molecular complexity index is 757. The van der Waals surface area contributed by atoms with E-state index in [9.17, 15) is 22.4 Å². The van der Waals surface area contributed by atoms with Gasteiger partial charge in [0.05, 0.1) is 4.90 Å². The van der Waals surface area contributed by atoms with Gasteiger partial charge < -0.3 is 10.2 Å². The number of hydrogen-bond acceptors (Lipinski definition) is 4. The summed E-state index contributed by atoms with van der Waals surface area (Å²) in [5.41, 5.74) is 0. The standard InChI is InChI=1S/C18H26FN3O4S/c1-13(2)18(24)22-11-8-15(9-12-22)21-17(23)7-10-20-27(25,26)16-5-3-14(19)4-6-16/h3-6,13,15,20H,7-12H2,1-2H3,(H,21,23). The van der Waals surface area contributed by atoms with Crippen LogP contribution in [0.2, 0.25) is 0 Å². The summed E-state index contributed by atoms with van der Waals surface area (Å²) in [6, 6.07) is 4.46. The molecule has 0 radical (unpaired) electrons. The van der Waals surface area contributed by atoms with Gasteiger partial charge in [-0.1, -0.05) is 13.8 Å². The Labute approximate surface area is 159 Å². The zero-order valence-electron chi connectivity index (χ0n) is 15.6. The second kappa shape index (κ2) is 9.27. The first-order chi connectivity index (χ1) is 12.7. The highest BCUT2D eigenvalue weighted by atomic mass is 32.2. The van der Waals surface area contributed by atoms with E-state index in [1.165, 1.54) is 12.1 Å². The fraction of sp³-hybridized carbons (Fsp3) is 0.556. The van der Waals surface area contributed by atoms with Gasteiger partial charge in [0.15, 0.2) is 0 Å². The molecule has 0 atom stereocenters. The molecule has 1 aliphatic heterocycles. The number of nitrogens with one attached hydrogen (secondary N) is 2. The van der Waals surface area contributed by atoms with Crippen molar-refractivity contribution in [1.82, 2.24) is 14.9 Å². The number of halogens is 1. The lowest BCUT2D eigenvalue weighted by Gasteiger charge is -2.33. The number of likely N-dealkylation sites (tertiary alicyclic amines) is 1. The molecule has 150 valence electrons. The van der Waals surface area contributed by atoms with E-state index >= 15 is 0 Å². The van der Waals surface area contributed by atoms with E-state index in [1.807, 2.05) is 18.7 Å². The minimum Gasteiger partial charge on any atom is -0.353 e. The van der Waals surface area contributed by atoms with Gasteiger partial charge >= 0.3 is 0 Å². The highest BCUT2D eigenvalue weighted by molar-refractivity contribution is 7.89. The highest BCUT2D eigenvalue weighted by Gasteiger charge is 2.25. The molecule has 0 aromatic heterocycles. The summed E-state index contributed by atoms with van der Waals surface area (Å²) in [7, 11) is -3.77. The monoisotopic (exact) mass is 399 g/mol. The molecule has 27 heavy (non-hydrogen) atoms. The highest BCUT2D eigenvalue weighted by Crippen LogP contribution is 2.13. The van der Waals surface area contributed by atoms with Crippen molar-refractivity contribution in [2.24, 2.45) is 5.92 Å². The maximum absolute atomic E-state index is 12.9. The van der Waals surface area contributed by atoms with Crippen LogP contribution < -0.4 is 10.0 Å². The molecule has 0 bridgehead atoms. The van der Waals surface area contributed by atoms with Crippen molar-refractivity contribution < 1.29 is 22.4 Å². The molecule has 9 heteroatoms. The molecule has 1 fully saturated rings. The average molecular weight is 399 g/mol. The Morgan fingerprint density at radius 3 is 2.33 bits per heavy atom. The Morgan fingerprint density at radius 1 is 1.19 bits per heavy atom. The van der Waals surface area contributed by atoms with E-state index in [0.29, 0.717) is 25.9 Å². The SMILES string of the molecule is CC(C)C(=O)N1CCC(NC(=O)CCNS(=O)(=O)c2ccc(F)cc2)CC1. The Morgan fingerprint density at radius 2 is 1.78 bits per heavy atom. The van der Waals surface area contributed by atoms with Crippen LogP contribution in [-0.4, -0.2) is 50.8 Å². The third kappa shape index (κ3) is 6.28. The second-order valence-corrected chi connectivity index (χ2v) is 8.69. The molecule has 2 N–H and O–H groups in total. The largest absolute Gasteiger partial charge is 0.353 e. The number of piperidine rings is 1. The van der Waals surface area contributed by atoms with Crippen LogP contribution in [0.15, 0.2) is 29.2 Å². The van der Waals surface area contributed by atoms with Crippen molar-refractivity contribution >= 4 is 21.8 Å². The lowest BCUT2D eigenvalue weighted by atomic mass is 10.0. The van der Waals surface area contributed by atoms with Gasteiger partial charge in [-0.2, -0.15) is 0 Å². The lowest BCUT2D eigenvalue weighted by molar-refractivity contribution is -0.135. The van der Waals surface area contributed by atoms with Crippen LogP contribution in [0.5, 0.6) is 0 Å². The number of nitrogens with zero attached hydrogens (tertiary/aromatic N) is 1. The number of carbonyl (C=O) groups excluding carboxylic acids is 2. The first kappa shape index (κ1) is 21.3. The van der Waals surface area contributed by atoms with Crippen molar-refractivity contribution in [2.45, 2.75) is 44.0 Å². The fourth-order valence-corrected chi connectivity index (χ4v) is 3.94. The smallest absolute Gasteiger partial charge is 0.240 e. The van der Waals surface area contributed by atoms with Gasteiger partial charge in [0.1, 0.15) is 5.82 Å². The Kier molecular flexibility index (Phi) is 7.32. The van der Waals surface area contributed by atoms with E-state index in [2.05, 4.69) is 10.0 Å². The molecule has 0 spiro atoms. The van der Waals surface area contributed by atoms with Crippen LogP contribution in [-0.2, 0) is 19.6 Å². The van der Waals surface area contributed by atoms with Gasteiger partial charge in [0, 0.05) is 38.0 Å². The summed E-state index contributed by atoms with van der Waals surface area (Å²) < 4.78 is 39.3. The molecular weight excluding hydrogens is 373 g/mol. The molecule has 2 rings (SSSR count). The van der Waals surface area contributed by atoms with Gasteiger partial charge in [-0.25, -0.2) is 17.5 Å². The summed E-state index contributed by atoms with van der Waals surface area (Å²) in [6.45, 7) is 4.90. The molecule has 0 saturated carbocycles. The first-order valence-electron chi connectivity index (χ1n) is 9.02. The second-order valence-electron chi connectivity index (χ2n) is 6.92. The number of amides is 2. The zero-order valence-corrected chi connectivity index (χ0v) is 16.4. The van der Waals surface area contributed by atoms with Crippen molar-refractivity contribution in [2.75, 3.05) is 19.6 Å². The molecule has 0 unspecified atom stereocenters. The lowest BCUT2D eigenvalue weighted by Crippen LogP contribution is -2.47. The molecule has 1 heterocycles. The number of hydrogen-bond donors (Lipinski definition) is 2. The predicted molar refractivity (Wildman–Crippen MR) is 98.8 cm³/mol. The minimum atomic E-state index is -3.77. The van der Waals surface area contributed by atoms with Gasteiger partial charge in [0.25, 0.3) is 0 Å². The molecule has 7 nitrogen and oxygen atoms in total. The Balaban J connectivity index is 1.72. The summed E-state index contributed by atoms with van der Waals surface area (Å²) in [5, 5.41) is 2.88. The molecule has 1 aromatic carbocycles. The molecule has 1 saturated heterocycles. The van der Waals surface area contributed by atoms with Crippen LogP contribution in [0.1, 0.15) is 33.1 Å². The summed E-state index contributed by atoms with van der Waals surface area (Å²) in [6.07, 6.45) is 1.38. The third-order valence-corrected chi connectivity index (χ3v) is 5.91. The zero-order chi connectivity index (χ0) is 20.0. The third-order valence-electron chi connectivity index (χ3n) is 4.43. The predicted octanol–water partition coefficient (Wildman–Crippen LogP) is 1.26. The molecule has 1 aromatic rings. The van der Waals surface area contributed by atoms with E-state index in [4.69, 9.17) is 0 Å². The fourth-order valence-electron chi connectivity index (χ4n) is 2.91. The summed E-state index contributed by atoms with van der Waals surface area (Å²) in [4.78, 5) is 25.7. The first-order valence-corrected chi connectivity index (χ1v) is 10.5. The number of rotatable bonds is 7. The van der Waals surface area contributed by atoms with Crippen molar-refractivity contribution in [3.63, 3.8) is 0 Å². The molecule has 1 aliphatic rings. The van der Waals surface area contributed by atoms with Crippen molar-refractivity contribution in [1.29, 1.82) is 0 Å². The Hall–Kier alpha value is -2.00. The van der Waals surface area contributed by atoms with E-state index in [0.717, 1.165) is 12.1 Å². The van der Waals surface area contributed by atoms with Crippen LogP contribution in [0, 0.1) is 11.7 Å². The van der Waals surface area contributed by atoms with Crippen LogP contribution >= 0.6 is 0 Å².